The van der Waals surface area contributed by atoms with E-state index in [1.54, 1.807) is 0 Å². The van der Waals surface area contributed by atoms with Gasteiger partial charge in [-0.05, 0) is 48.6 Å². The van der Waals surface area contributed by atoms with E-state index in [0.29, 0.717) is 6.42 Å². The Morgan fingerprint density at radius 3 is 2.61 bits per heavy atom. The number of hydrogen-bond acceptors (Lipinski definition) is 3. The summed E-state index contributed by atoms with van der Waals surface area (Å²) in [6, 6.07) is 9.45. The Balaban J connectivity index is 1.12. The Kier molecular flexibility index (Phi) is 6.17. The monoisotopic (exact) mass is 423 g/mol. The number of benzene rings is 1. The molecular formula is C25H37N5O. The standard InChI is InChI=1S/C25H37N5O/c1-26-25(29-12-10-28(11-13-29)23-16-19-7-8-22(23)15-19)27-17-20-4-2-5-21(14-20)18-30-9-3-6-24(30)31/h2,4-5,14,19,22-23H,3,6-13,15-18H2,1H3,(H,26,27). The quantitative estimate of drug-likeness (QED) is 0.584. The molecule has 6 heteroatoms. The molecule has 2 heterocycles. The summed E-state index contributed by atoms with van der Waals surface area (Å²) in [5.41, 5.74) is 2.45. The summed E-state index contributed by atoms with van der Waals surface area (Å²) in [4.78, 5) is 23.6. The normalized spacial score (nSPS) is 29.3. The number of guanidine groups is 1. The van der Waals surface area contributed by atoms with E-state index in [-0.39, 0.29) is 5.91 Å². The highest BCUT2D eigenvalue weighted by Crippen LogP contribution is 2.46. The zero-order chi connectivity index (χ0) is 21.2. The van der Waals surface area contributed by atoms with Gasteiger partial charge in [-0.25, -0.2) is 0 Å². The number of rotatable bonds is 5. The van der Waals surface area contributed by atoms with Crippen LogP contribution in [-0.2, 0) is 17.9 Å². The summed E-state index contributed by atoms with van der Waals surface area (Å²) in [5, 5.41) is 3.57. The Morgan fingerprint density at radius 2 is 1.94 bits per heavy atom. The first kappa shape index (κ1) is 20.8. The number of piperazine rings is 1. The van der Waals surface area contributed by atoms with E-state index in [1.807, 2.05) is 11.9 Å². The topological polar surface area (TPSA) is 51.2 Å². The molecule has 3 unspecified atom stereocenters. The molecule has 168 valence electrons. The van der Waals surface area contributed by atoms with Gasteiger partial charge in [-0.15, -0.1) is 0 Å². The molecule has 4 fully saturated rings. The van der Waals surface area contributed by atoms with Gasteiger partial charge in [0.15, 0.2) is 5.96 Å². The molecule has 1 N–H and O–H groups in total. The number of likely N-dealkylation sites (tertiary alicyclic amines) is 1. The predicted molar refractivity (Wildman–Crippen MR) is 124 cm³/mol. The summed E-state index contributed by atoms with van der Waals surface area (Å²) in [6.45, 7) is 6.83. The van der Waals surface area contributed by atoms with Crippen molar-refractivity contribution in [2.75, 3.05) is 39.8 Å². The smallest absolute Gasteiger partial charge is 0.222 e. The van der Waals surface area contributed by atoms with Gasteiger partial charge in [0.25, 0.3) is 0 Å². The van der Waals surface area contributed by atoms with Gasteiger partial charge >= 0.3 is 0 Å². The summed E-state index contributed by atoms with van der Waals surface area (Å²) in [7, 11) is 1.89. The molecule has 1 aromatic carbocycles. The van der Waals surface area contributed by atoms with E-state index >= 15 is 0 Å². The van der Waals surface area contributed by atoms with E-state index in [2.05, 4.69) is 44.4 Å². The average Bonchev–Trinajstić information content (AvgIpc) is 3.53. The van der Waals surface area contributed by atoms with Crippen LogP contribution in [0.1, 0.15) is 49.7 Å². The Morgan fingerprint density at radius 1 is 1.10 bits per heavy atom. The third kappa shape index (κ3) is 4.59. The molecule has 0 spiro atoms. The van der Waals surface area contributed by atoms with Crippen LogP contribution in [0.15, 0.2) is 29.3 Å². The van der Waals surface area contributed by atoms with Crippen molar-refractivity contribution < 1.29 is 4.79 Å². The lowest BCUT2D eigenvalue weighted by Gasteiger charge is -2.42. The molecule has 31 heavy (non-hydrogen) atoms. The molecule has 2 aliphatic heterocycles. The van der Waals surface area contributed by atoms with Gasteiger partial charge in [-0.3, -0.25) is 14.7 Å². The number of nitrogens with zero attached hydrogens (tertiary/aromatic N) is 4. The molecule has 0 radical (unpaired) electrons. The van der Waals surface area contributed by atoms with Crippen molar-refractivity contribution >= 4 is 11.9 Å². The molecule has 2 bridgehead atoms. The van der Waals surface area contributed by atoms with E-state index in [4.69, 9.17) is 0 Å². The number of amides is 1. The summed E-state index contributed by atoms with van der Waals surface area (Å²) < 4.78 is 0. The van der Waals surface area contributed by atoms with Crippen LogP contribution in [0, 0.1) is 11.8 Å². The summed E-state index contributed by atoms with van der Waals surface area (Å²) in [5.74, 6) is 3.28. The van der Waals surface area contributed by atoms with E-state index in [0.717, 1.165) is 76.1 Å². The lowest BCUT2D eigenvalue weighted by atomic mass is 9.93. The number of nitrogens with one attached hydrogen (secondary N) is 1. The van der Waals surface area contributed by atoms with Crippen molar-refractivity contribution in [3.8, 4) is 0 Å². The highest BCUT2D eigenvalue weighted by atomic mass is 16.2. The molecule has 1 amide bonds. The van der Waals surface area contributed by atoms with Crippen molar-refractivity contribution in [1.29, 1.82) is 0 Å². The minimum absolute atomic E-state index is 0.286. The van der Waals surface area contributed by atoms with Gasteiger partial charge < -0.3 is 15.1 Å². The second-order valence-corrected chi connectivity index (χ2v) is 9.90. The summed E-state index contributed by atoms with van der Waals surface area (Å²) in [6.07, 6.45) is 7.56. The zero-order valence-corrected chi connectivity index (χ0v) is 18.9. The van der Waals surface area contributed by atoms with Crippen LogP contribution in [0.2, 0.25) is 0 Å². The van der Waals surface area contributed by atoms with Crippen LogP contribution in [0.4, 0.5) is 0 Å². The second-order valence-electron chi connectivity index (χ2n) is 9.90. The van der Waals surface area contributed by atoms with Gasteiger partial charge in [0.05, 0.1) is 0 Å². The van der Waals surface area contributed by atoms with Crippen molar-refractivity contribution in [2.24, 2.45) is 16.8 Å². The maximum Gasteiger partial charge on any atom is 0.222 e. The maximum absolute atomic E-state index is 11.9. The largest absolute Gasteiger partial charge is 0.352 e. The van der Waals surface area contributed by atoms with Crippen molar-refractivity contribution in [1.82, 2.24) is 20.0 Å². The SMILES string of the molecule is CN=C(NCc1cccc(CN2CCCC2=O)c1)N1CCN(C2CC3CCC2C3)CC1. The minimum Gasteiger partial charge on any atom is -0.352 e. The number of fused-ring (bicyclic) bond motifs is 2. The molecule has 2 saturated carbocycles. The molecule has 4 aliphatic rings. The highest BCUT2D eigenvalue weighted by molar-refractivity contribution is 5.80. The Labute approximate surface area is 186 Å². The van der Waals surface area contributed by atoms with Crippen LogP contribution < -0.4 is 5.32 Å². The van der Waals surface area contributed by atoms with Gasteiger partial charge in [-0.2, -0.15) is 0 Å². The third-order valence-corrected chi connectivity index (χ3v) is 7.98. The minimum atomic E-state index is 0.286. The van der Waals surface area contributed by atoms with Crippen LogP contribution in [0.3, 0.4) is 0 Å². The van der Waals surface area contributed by atoms with E-state index in [9.17, 15) is 4.79 Å². The molecule has 6 nitrogen and oxygen atoms in total. The molecule has 1 aromatic rings. The van der Waals surface area contributed by atoms with Crippen molar-refractivity contribution in [3.63, 3.8) is 0 Å². The van der Waals surface area contributed by atoms with Crippen LogP contribution >= 0.6 is 0 Å². The lowest BCUT2D eigenvalue weighted by Crippen LogP contribution is -2.55. The molecule has 2 saturated heterocycles. The number of hydrogen-bond donors (Lipinski definition) is 1. The number of aliphatic imine (C=N–C) groups is 1. The van der Waals surface area contributed by atoms with Gasteiger partial charge in [-0.1, -0.05) is 30.7 Å². The van der Waals surface area contributed by atoms with Gasteiger partial charge in [0.2, 0.25) is 5.91 Å². The third-order valence-electron chi connectivity index (χ3n) is 7.98. The van der Waals surface area contributed by atoms with Crippen LogP contribution in [-0.4, -0.2) is 72.4 Å². The van der Waals surface area contributed by atoms with E-state index < -0.39 is 0 Å². The fourth-order valence-corrected chi connectivity index (χ4v) is 6.37. The van der Waals surface area contributed by atoms with Gasteiger partial charge in [0, 0.05) is 65.3 Å². The fraction of sp³-hybridized carbons (Fsp3) is 0.680. The van der Waals surface area contributed by atoms with Crippen LogP contribution in [0.25, 0.3) is 0 Å². The molecular weight excluding hydrogens is 386 g/mol. The van der Waals surface area contributed by atoms with Crippen molar-refractivity contribution in [2.45, 2.75) is 57.7 Å². The van der Waals surface area contributed by atoms with Crippen LogP contribution in [0.5, 0.6) is 0 Å². The molecule has 5 rings (SSSR count). The molecule has 0 aromatic heterocycles. The zero-order valence-electron chi connectivity index (χ0n) is 18.9. The first-order chi connectivity index (χ1) is 15.2. The van der Waals surface area contributed by atoms with Gasteiger partial charge in [0.1, 0.15) is 0 Å². The second kappa shape index (κ2) is 9.19. The lowest BCUT2D eigenvalue weighted by molar-refractivity contribution is -0.128. The number of carbonyl (C=O) groups excluding carboxylic acids is 1. The first-order valence-electron chi connectivity index (χ1n) is 12.2. The van der Waals surface area contributed by atoms with E-state index in [1.165, 1.54) is 36.8 Å². The maximum atomic E-state index is 11.9. The number of carbonyl (C=O) groups is 1. The Bertz CT molecular complexity index is 816. The summed E-state index contributed by atoms with van der Waals surface area (Å²) >= 11 is 0. The Hall–Kier alpha value is -2.08. The first-order valence-corrected chi connectivity index (χ1v) is 12.2. The van der Waals surface area contributed by atoms with Crippen molar-refractivity contribution in [3.05, 3.63) is 35.4 Å². The highest BCUT2D eigenvalue weighted by Gasteiger charge is 2.42. The average molecular weight is 424 g/mol. The predicted octanol–water partition coefficient (Wildman–Crippen LogP) is 2.69. The molecule has 3 atom stereocenters. The molecule has 2 aliphatic carbocycles. The fourth-order valence-electron chi connectivity index (χ4n) is 6.37.